The van der Waals surface area contributed by atoms with Gasteiger partial charge in [-0.15, -0.1) is 0 Å². The quantitative estimate of drug-likeness (QED) is 0.114. The molecule has 4 aliphatic rings. The van der Waals surface area contributed by atoms with Crippen molar-refractivity contribution in [2.75, 3.05) is 51.9 Å². The summed E-state index contributed by atoms with van der Waals surface area (Å²) >= 11 is 0. The van der Waals surface area contributed by atoms with E-state index in [0.29, 0.717) is 63.3 Å². The van der Waals surface area contributed by atoms with Crippen molar-refractivity contribution < 1.29 is 35.9 Å². The summed E-state index contributed by atoms with van der Waals surface area (Å²) in [5.41, 5.74) is 0.839. The summed E-state index contributed by atoms with van der Waals surface area (Å²) in [6.07, 6.45) is 7.77. The van der Waals surface area contributed by atoms with Crippen molar-refractivity contribution in [3.8, 4) is 24.3 Å². The summed E-state index contributed by atoms with van der Waals surface area (Å²) in [5.74, 6) is -1.85. The molecule has 278 valence electrons. The number of allylic oxidation sites excluding steroid dienone is 6. The van der Waals surface area contributed by atoms with E-state index in [9.17, 15) is 47.5 Å². The van der Waals surface area contributed by atoms with Gasteiger partial charge in [0.2, 0.25) is 0 Å². The largest absolute Gasteiger partial charge is 0.462 e. The van der Waals surface area contributed by atoms with E-state index >= 15 is 0 Å². The molecular formula is C36H44N6O8S2. The lowest BCUT2D eigenvalue weighted by Gasteiger charge is -2.32. The predicted molar refractivity (Wildman–Crippen MR) is 188 cm³/mol. The molecule has 2 saturated heterocycles. The predicted octanol–water partition coefficient (Wildman–Crippen LogP) is 3.43. The van der Waals surface area contributed by atoms with Gasteiger partial charge in [-0.05, 0) is 75.4 Å². The van der Waals surface area contributed by atoms with Crippen molar-refractivity contribution >= 4 is 31.6 Å². The molecule has 2 unspecified atom stereocenters. The Hall–Kier alpha value is -4.64. The number of ether oxygens (including phenoxy) is 2. The maximum Gasteiger partial charge on any atom is 0.349 e. The number of carbonyl (C=O) groups excluding carboxylic acids is 2. The van der Waals surface area contributed by atoms with Crippen molar-refractivity contribution in [2.45, 2.75) is 87.5 Å². The van der Waals surface area contributed by atoms with E-state index in [2.05, 4.69) is 12.1 Å². The second kappa shape index (κ2) is 17.7. The normalized spacial score (nSPS) is 23.0. The zero-order valence-corrected chi connectivity index (χ0v) is 31.3. The molecule has 0 amide bonds. The molecule has 2 fully saturated rings. The Morgan fingerprint density at radius 3 is 1.25 bits per heavy atom. The number of hydrogen-bond donors (Lipinski definition) is 0. The highest BCUT2D eigenvalue weighted by Gasteiger charge is 2.38. The first-order valence-electron chi connectivity index (χ1n) is 17.5. The van der Waals surface area contributed by atoms with E-state index in [-0.39, 0.29) is 72.3 Å². The molecule has 0 aromatic rings. The maximum atomic E-state index is 13.0. The summed E-state index contributed by atoms with van der Waals surface area (Å²) in [4.78, 5) is 30.0. The average molecular weight is 753 g/mol. The minimum atomic E-state index is -3.54. The van der Waals surface area contributed by atoms with Gasteiger partial charge in [0, 0.05) is 62.9 Å². The molecule has 2 atom stereocenters. The summed E-state index contributed by atoms with van der Waals surface area (Å²) in [5, 5.41) is 38.1. The first-order chi connectivity index (χ1) is 24.7. The molecule has 52 heavy (non-hydrogen) atoms. The molecule has 2 aliphatic carbocycles. The Labute approximate surface area is 306 Å². The lowest BCUT2D eigenvalue weighted by atomic mass is 9.87. The Bertz CT molecular complexity index is 1820. The van der Waals surface area contributed by atoms with Crippen molar-refractivity contribution in [1.82, 2.24) is 9.80 Å². The van der Waals surface area contributed by atoms with Gasteiger partial charge in [0.05, 0.1) is 34.9 Å². The molecule has 2 heterocycles. The van der Waals surface area contributed by atoms with Crippen LogP contribution in [0.3, 0.4) is 0 Å². The third-order valence-electron chi connectivity index (χ3n) is 10.0. The fraction of sp³-hybridized carbons (Fsp3) is 0.611. The summed E-state index contributed by atoms with van der Waals surface area (Å²) < 4.78 is 60.9. The monoisotopic (exact) mass is 752 g/mol. The lowest BCUT2D eigenvalue weighted by Crippen LogP contribution is -2.33. The standard InChI is InChI=1S/C36H44N6O8S2/c1-51(45,46)25-17-27(29(21-37)33(19-25)41-11-5-6-12-41)31(23-39)35(43)49-15-9-3-4-10-16-50-36(44)32(24-40)28-18-26(52(2,47)48)20-34(30(28)22-38)42-13-7-8-14-42/h25-26H,3-20H2,1-2H3/b31-27+,32-28+. The Morgan fingerprint density at radius 1 is 0.615 bits per heavy atom. The molecule has 0 aromatic heterocycles. The fourth-order valence-corrected chi connectivity index (χ4v) is 9.02. The zero-order valence-electron chi connectivity index (χ0n) is 29.6. The van der Waals surface area contributed by atoms with Crippen LogP contribution in [0.25, 0.3) is 0 Å². The van der Waals surface area contributed by atoms with Gasteiger partial charge in [0.25, 0.3) is 0 Å². The van der Waals surface area contributed by atoms with E-state index < -0.39 is 42.1 Å². The van der Waals surface area contributed by atoms with E-state index in [4.69, 9.17) is 9.47 Å². The number of hydrogen-bond acceptors (Lipinski definition) is 14. The summed E-state index contributed by atoms with van der Waals surface area (Å²) in [7, 11) is -7.08. The second-order valence-electron chi connectivity index (χ2n) is 13.6. The first kappa shape index (κ1) is 40.1. The number of nitrogens with zero attached hydrogens (tertiary/aromatic N) is 6. The molecule has 0 saturated carbocycles. The zero-order chi connectivity index (χ0) is 38.1. The van der Waals surface area contributed by atoms with E-state index in [0.717, 1.165) is 38.2 Å². The van der Waals surface area contributed by atoms with Gasteiger partial charge in [0.15, 0.2) is 19.7 Å². The highest BCUT2D eigenvalue weighted by molar-refractivity contribution is 7.91. The number of nitriles is 4. The molecule has 16 heteroatoms. The van der Waals surface area contributed by atoms with Crippen LogP contribution in [-0.4, -0.2) is 101 Å². The number of likely N-dealkylation sites (tertiary alicyclic amines) is 2. The van der Waals surface area contributed by atoms with Crippen LogP contribution in [-0.2, 0) is 38.7 Å². The third-order valence-corrected chi connectivity index (χ3v) is 13.1. The number of carbonyl (C=O) groups is 2. The van der Waals surface area contributed by atoms with Crippen molar-refractivity contribution in [3.63, 3.8) is 0 Å². The van der Waals surface area contributed by atoms with E-state index in [1.807, 2.05) is 21.9 Å². The molecule has 2 aliphatic heterocycles. The molecule has 14 nitrogen and oxygen atoms in total. The van der Waals surface area contributed by atoms with Crippen molar-refractivity contribution in [2.24, 2.45) is 0 Å². The van der Waals surface area contributed by atoms with Gasteiger partial charge in [-0.1, -0.05) is 0 Å². The molecule has 0 aromatic carbocycles. The van der Waals surface area contributed by atoms with Crippen molar-refractivity contribution in [1.29, 1.82) is 21.0 Å². The van der Waals surface area contributed by atoms with Gasteiger partial charge in [-0.25, -0.2) is 26.4 Å². The first-order valence-corrected chi connectivity index (χ1v) is 21.4. The number of unbranched alkanes of at least 4 members (excludes halogenated alkanes) is 3. The topological polar surface area (TPSA) is 223 Å². The van der Waals surface area contributed by atoms with Crippen LogP contribution in [0.2, 0.25) is 0 Å². The Kier molecular flexibility index (Phi) is 13.7. The summed E-state index contributed by atoms with van der Waals surface area (Å²) in [6.45, 7) is 2.59. The van der Waals surface area contributed by atoms with Gasteiger partial charge >= 0.3 is 11.9 Å². The van der Waals surface area contributed by atoms with Crippen LogP contribution in [0, 0.1) is 45.3 Å². The minimum absolute atomic E-state index is 0.0357. The van der Waals surface area contributed by atoms with Crippen molar-refractivity contribution in [3.05, 3.63) is 44.8 Å². The average Bonchev–Trinajstić information content (AvgIpc) is 3.84. The highest BCUT2D eigenvalue weighted by atomic mass is 32.2. The van der Waals surface area contributed by atoms with E-state index in [1.54, 1.807) is 0 Å². The molecule has 0 N–H and O–H groups in total. The molecule has 0 bridgehead atoms. The van der Waals surface area contributed by atoms with Crippen LogP contribution in [0.15, 0.2) is 44.8 Å². The SMILES string of the molecule is CS(=O)(=O)C1CC(N2CCCC2)=C(C#N)/C(=C(\C#N)C(=O)OCCCCCCOC(=O)/C(C#N)=C2\CC(S(C)(=O)=O)CC(N3CCCC3)=C2C#N)C1. The molecule has 0 radical (unpaired) electrons. The van der Waals surface area contributed by atoms with Gasteiger partial charge < -0.3 is 19.3 Å². The lowest BCUT2D eigenvalue weighted by molar-refractivity contribution is -0.139. The number of sulfone groups is 2. The highest BCUT2D eigenvalue weighted by Crippen LogP contribution is 2.39. The van der Waals surface area contributed by atoms with Gasteiger partial charge in [-0.3, -0.25) is 0 Å². The van der Waals surface area contributed by atoms with Crippen LogP contribution < -0.4 is 0 Å². The van der Waals surface area contributed by atoms with Crippen LogP contribution >= 0.6 is 0 Å². The Balaban J connectivity index is 1.33. The van der Waals surface area contributed by atoms with Crippen LogP contribution in [0.5, 0.6) is 0 Å². The van der Waals surface area contributed by atoms with Crippen LogP contribution in [0.1, 0.15) is 77.0 Å². The smallest absolute Gasteiger partial charge is 0.349 e. The number of esters is 2. The van der Waals surface area contributed by atoms with E-state index in [1.165, 1.54) is 0 Å². The van der Waals surface area contributed by atoms with Gasteiger partial charge in [0.1, 0.15) is 35.4 Å². The molecule has 0 spiro atoms. The Morgan fingerprint density at radius 2 is 0.962 bits per heavy atom. The van der Waals surface area contributed by atoms with Gasteiger partial charge in [-0.2, -0.15) is 21.0 Å². The molecule has 4 rings (SSSR count). The third kappa shape index (κ3) is 9.61. The van der Waals surface area contributed by atoms with Crippen LogP contribution in [0.4, 0.5) is 0 Å². The number of rotatable bonds is 13. The second-order valence-corrected chi connectivity index (χ2v) is 18.2. The fourth-order valence-electron chi connectivity index (χ4n) is 7.16. The molecular weight excluding hydrogens is 709 g/mol. The summed E-state index contributed by atoms with van der Waals surface area (Å²) in [6, 6.07) is 7.91. The minimum Gasteiger partial charge on any atom is -0.462 e. The maximum absolute atomic E-state index is 13.0.